The Kier molecular flexibility index (Phi) is 6.89. The molecule has 0 saturated carbocycles. The predicted molar refractivity (Wildman–Crippen MR) is 96.2 cm³/mol. The molecule has 1 aromatic carbocycles. The van der Waals surface area contributed by atoms with Crippen molar-refractivity contribution in [2.24, 2.45) is 5.92 Å². The van der Waals surface area contributed by atoms with Crippen molar-refractivity contribution in [2.45, 2.75) is 46.1 Å². The number of nitrogens with zero attached hydrogens (tertiary/aromatic N) is 2. The standard InChI is InChI=1S/C19H25N3O4/c1-12(2)11-15(19(24)25-4)20-16(23)9-10-17-21-18(22-26-17)14-7-5-13(3)6-8-14/h5-8,12,15H,9-11H2,1-4H3,(H,20,23)/t15-/m0/s1. The fourth-order valence-corrected chi connectivity index (χ4v) is 2.49. The number of rotatable bonds is 8. The van der Waals surface area contributed by atoms with Crippen LogP contribution in [0.4, 0.5) is 0 Å². The molecule has 0 spiro atoms. The van der Waals surface area contributed by atoms with Gasteiger partial charge in [0.05, 0.1) is 7.11 Å². The Bertz CT molecular complexity index is 737. The second kappa shape index (κ2) is 9.12. The summed E-state index contributed by atoms with van der Waals surface area (Å²) in [6.45, 7) is 5.96. The van der Waals surface area contributed by atoms with E-state index in [9.17, 15) is 9.59 Å². The number of hydrogen-bond donors (Lipinski definition) is 1. The third-order valence-electron chi connectivity index (χ3n) is 3.87. The molecule has 7 heteroatoms. The highest BCUT2D eigenvalue weighted by Gasteiger charge is 2.22. The van der Waals surface area contributed by atoms with Crippen LogP contribution in [0.1, 0.15) is 38.1 Å². The molecule has 26 heavy (non-hydrogen) atoms. The van der Waals surface area contributed by atoms with Gasteiger partial charge in [0.15, 0.2) is 0 Å². The fourth-order valence-electron chi connectivity index (χ4n) is 2.49. The Hall–Kier alpha value is -2.70. The highest BCUT2D eigenvalue weighted by Crippen LogP contribution is 2.17. The van der Waals surface area contributed by atoms with E-state index in [1.165, 1.54) is 7.11 Å². The van der Waals surface area contributed by atoms with E-state index in [0.29, 0.717) is 24.6 Å². The maximum atomic E-state index is 12.1. The van der Waals surface area contributed by atoms with E-state index >= 15 is 0 Å². The third-order valence-corrected chi connectivity index (χ3v) is 3.87. The number of carbonyl (C=O) groups excluding carboxylic acids is 2. The predicted octanol–water partition coefficient (Wildman–Crippen LogP) is 2.68. The van der Waals surface area contributed by atoms with Crippen molar-refractivity contribution in [1.82, 2.24) is 15.5 Å². The summed E-state index contributed by atoms with van der Waals surface area (Å²) in [6.07, 6.45) is 0.984. The molecule has 1 aromatic heterocycles. The van der Waals surface area contributed by atoms with Crippen molar-refractivity contribution in [3.8, 4) is 11.4 Å². The van der Waals surface area contributed by atoms with Crippen LogP contribution in [-0.2, 0) is 20.7 Å². The van der Waals surface area contributed by atoms with E-state index in [-0.39, 0.29) is 18.2 Å². The summed E-state index contributed by atoms with van der Waals surface area (Å²) in [7, 11) is 1.31. The fraction of sp³-hybridized carbons (Fsp3) is 0.474. The molecular weight excluding hydrogens is 334 g/mol. The monoisotopic (exact) mass is 359 g/mol. The summed E-state index contributed by atoms with van der Waals surface area (Å²) in [5.74, 6) is 0.442. The number of aromatic nitrogens is 2. The molecule has 0 aliphatic rings. The lowest BCUT2D eigenvalue weighted by atomic mass is 10.0. The van der Waals surface area contributed by atoms with Gasteiger partial charge in [-0.1, -0.05) is 48.8 Å². The molecule has 0 aliphatic carbocycles. The van der Waals surface area contributed by atoms with Gasteiger partial charge < -0.3 is 14.6 Å². The number of aryl methyl sites for hydroxylation is 2. The Balaban J connectivity index is 1.90. The van der Waals surface area contributed by atoms with Gasteiger partial charge in [-0.25, -0.2) is 4.79 Å². The van der Waals surface area contributed by atoms with Gasteiger partial charge in [0.1, 0.15) is 6.04 Å². The average Bonchev–Trinajstić information content (AvgIpc) is 3.08. The topological polar surface area (TPSA) is 94.3 Å². The molecular formula is C19H25N3O4. The van der Waals surface area contributed by atoms with E-state index in [1.807, 2.05) is 45.0 Å². The normalized spacial score (nSPS) is 12.0. The Labute approximate surface area is 153 Å². The molecule has 1 N–H and O–H groups in total. The van der Waals surface area contributed by atoms with Gasteiger partial charge in [-0.15, -0.1) is 0 Å². The van der Waals surface area contributed by atoms with Gasteiger partial charge in [-0.05, 0) is 19.3 Å². The zero-order chi connectivity index (χ0) is 19.1. The Morgan fingerprint density at radius 2 is 1.92 bits per heavy atom. The molecule has 140 valence electrons. The number of hydrogen-bond acceptors (Lipinski definition) is 6. The van der Waals surface area contributed by atoms with Crippen LogP contribution in [0, 0.1) is 12.8 Å². The summed E-state index contributed by atoms with van der Waals surface area (Å²) in [6, 6.07) is 7.15. The number of amides is 1. The summed E-state index contributed by atoms with van der Waals surface area (Å²) in [4.78, 5) is 28.2. The first-order valence-corrected chi connectivity index (χ1v) is 8.66. The zero-order valence-corrected chi connectivity index (χ0v) is 15.6. The minimum absolute atomic E-state index is 0.154. The Morgan fingerprint density at radius 1 is 1.23 bits per heavy atom. The van der Waals surface area contributed by atoms with Crippen LogP contribution in [0.2, 0.25) is 0 Å². The quantitative estimate of drug-likeness (QED) is 0.728. The SMILES string of the molecule is COC(=O)[C@H](CC(C)C)NC(=O)CCc1nc(-c2ccc(C)cc2)no1. The maximum absolute atomic E-state index is 12.1. The summed E-state index contributed by atoms with van der Waals surface area (Å²) < 4.78 is 9.95. The minimum atomic E-state index is -0.640. The molecule has 0 fully saturated rings. The van der Waals surface area contributed by atoms with Crippen LogP contribution >= 0.6 is 0 Å². The summed E-state index contributed by atoms with van der Waals surface area (Å²) in [5.41, 5.74) is 2.01. The van der Waals surface area contributed by atoms with Gasteiger partial charge in [0.25, 0.3) is 0 Å². The van der Waals surface area contributed by atoms with Crippen LogP contribution < -0.4 is 5.32 Å². The molecule has 0 bridgehead atoms. The van der Waals surface area contributed by atoms with E-state index in [0.717, 1.165) is 11.1 Å². The molecule has 0 aliphatic heterocycles. The van der Waals surface area contributed by atoms with Crippen LogP contribution in [0.25, 0.3) is 11.4 Å². The third kappa shape index (κ3) is 5.68. The number of nitrogens with one attached hydrogen (secondary N) is 1. The maximum Gasteiger partial charge on any atom is 0.328 e. The summed E-state index contributed by atoms with van der Waals surface area (Å²) in [5, 5.41) is 6.65. The van der Waals surface area contributed by atoms with Crippen molar-refractivity contribution >= 4 is 11.9 Å². The molecule has 1 atom stereocenters. The van der Waals surface area contributed by atoms with Crippen molar-refractivity contribution in [1.29, 1.82) is 0 Å². The largest absolute Gasteiger partial charge is 0.467 e. The lowest BCUT2D eigenvalue weighted by molar-refractivity contribution is -0.145. The van der Waals surface area contributed by atoms with Crippen LogP contribution in [0.5, 0.6) is 0 Å². The van der Waals surface area contributed by atoms with Gasteiger partial charge in [-0.2, -0.15) is 4.98 Å². The molecule has 2 rings (SSSR count). The van der Waals surface area contributed by atoms with Crippen LogP contribution in [0.3, 0.4) is 0 Å². The minimum Gasteiger partial charge on any atom is -0.467 e. The van der Waals surface area contributed by atoms with Crippen molar-refractivity contribution in [3.63, 3.8) is 0 Å². The van der Waals surface area contributed by atoms with E-state index in [2.05, 4.69) is 15.5 Å². The van der Waals surface area contributed by atoms with Crippen molar-refractivity contribution < 1.29 is 18.8 Å². The first kappa shape index (κ1) is 19.6. The van der Waals surface area contributed by atoms with E-state index < -0.39 is 12.0 Å². The zero-order valence-electron chi connectivity index (χ0n) is 15.6. The van der Waals surface area contributed by atoms with E-state index in [4.69, 9.17) is 9.26 Å². The summed E-state index contributed by atoms with van der Waals surface area (Å²) >= 11 is 0. The smallest absolute Gasteiger partial charge is 0.328 e. The first-order chi connectivity index (χ1) is 12.4. The van der Waals surface area contributed by atoms with Crippen molar-refractivity contribution in [3.05, 3.63) is 35.7 Å². The number of esters is 1. The van der Waals surface area contributed by atoms with Crippen molar-refractivity contribution in [2.75, 3.05) is 7.11 Å². The van der Waals surface area contributed by atoms with Gasteiger partial charge >= 0.3 is 5.97 Å². The lowest BCUT2D eigenvalue weighted by Gasteiger charge is -2.18. The van der Waals surface area contributed by atoms with E-state index in [1.54, 1.807) is 0 Å². The first-order valence-electron chi connectivity index (χ1n) is 8.66. The van der Waals surface area contributed by atoms with Crippen LogP contribution in [0.15, 0.2) is 28.8 Å². The molecule has 1 heterocycles. The highest BCUT2D eigenvalue weighted by atomic mass is 16.5. The van der Waals surface area contributed by atoms with Gasteiger partial charge in [0.2, 0.25) is 17.6 Å². The second-order valence-corrected chi connectivity index (χ2v) is 6.65. The molecule has 2 aromatic rings. The molecule has 0 saturated heterocycles. The van der Waals surface area contributed by atoms with Gasteiger partial charge in [0, 0.05) is 18.4 Å². The molecule has 0 unspecified atom stereocenters. The van der Waals surface area contributed by atoms with Crippen LogP contribution in [-0.4, -0.2) is 35.2 Å². The van der Waals surface area contributed by atoms with Gasteiger partial charge in [-0.3, -0.25) is 4.79 Å². The molecule has 1 amide bonds. The number of ether oxygens (including phenoxy) is 1. The molecule has 7 nitrogen and oxygen atoms in total. The number of methoxy groups -OCH3 is 1. The average molecular weight is 359 g/mol. The molecule has 0 radical (unpaired) electrons. The second-order valence-electron chi connectivity index (χ2n) is 6.65. The number of carbonyl (C=O) groups is 2. The lowest BCUT2D eigenvalue weighted by Crippen LogP contribution is -2.42. The Morgan fingerprint density at radius 3 is 2.54 bits per heavy atom. The number of benzene rings is 1. The highest BCUT2D eigenvalue weighted by molar-refractivity contribution is 5.84.